The lowest BCUT2D eigenvalue weighted by atomic mass is 9.30. The molecule has 0 amide bonds. The molecule has 8 nitrogen and oxygen atoms in total. The van der Waals surface area contributed by atoms with Gasteiger partial charge in [-0.3, -0.25) is 0 Å². The first-order valence-corrected chi connectivity index (χ1v) is 38.1. The van der Waals surface area contributed by atoms with Gasteiger partial charge in [-0.25, -0.2) is 0 Å². The third-order valence-electron chi connectivity index (χ3n) is 24.3. The van der Waals surface area contributed by atoms with E-state index < -0.39 is 6.71 Å². The minimum Gasteiger partial charge on any atom is -0.468 e. The van der Waals surface area contributed by atoms with Crippen molar-refractivity contribution in [1.29, 1.82) is 0 Å². The summed E-state index contributed by atoms with van der Waals surface area (Å²) < 4.78 is 30.4. The number of fused-ring (bicyclic) bond motifs is 16. The Bertz CT molecular complexity index is 6480. The molecular weight excluding hydrogens is 1320 g/mol. The highest BCUT2D eigenvalue weighted by Crippen LogP contribution is 2.53. The van der Waals surface area contributed by atoms with Crippen LogP contribution in [0.3, 0.4) is 0 Å². The molecule has 21 rings (SSSR count). The number of benzene rings is 13. The molecule has 11 heteroatoms. The molecule has 0 bridgehead atoms. The number of ether oxygens (including phenoxy) is 2. The fourth-order valence-corrected chi connectivity index (χ4v) is 20.9. The van der Waals surface area contributed by atoms with E-state index in [-0.39, 0.29) is 13.4 Å². The summed E-state index contributed by atoms with van der Waals surface area (Å²) in [6, 6.07) is 75.7. The van der Waals surface area contributed by atoms with Crippen molar-refractivity contribution in [3.63, 3.8) is 0 Å². The average Bonchev–Trinajstić information content (AvgIpc) is 1.03. The molecule has 8 heterocycles. The number of nitrogens with one attached hydrogen (secondary N) is 1. The molecule has 0 aliphatic carbocycles. The molecule has 15 aromatic rings. The van der Waals surface area contributed by atoms with Crippen LogP contribution in [-0.2, 0) is 0 Å². The van der Waals surface area contributed by atoms with Crippen molar-refractivity contribution in [3.8, 4) is 56.4 Å². The van der Waals surface area contributed by atoms with Crippen LogP contribution in [0, 0.1) is 104 Å². The maximum atomic E-state index is 8.04. The number of nitrogens with zero attached hydrogens (tertiary/aromatic N) is 3. The zero-order chi connectivity index (χ0) is 73.6. The van der Waals surface area contributed by atoms with E-state index in [9.17, 15) is 0 Å². The summed E-state index contributed by atoms with van der Waals surface area (Å²) in [5, 5.41) is 6.31. The predicted molar refractivity (Wildman–Crippen MR) is 454 cm³/mol. The summed E-state index contributed by atoms with van der Waals surface area (Å²) in [6.07, 6.45) is 0. The topological polar surface area (TPSA) is 66.5 Å². The third kappa shape index (κ3) is 9.14. The monoisotopic (exact) mass is 1400 g/mol. The second-order valence-electron chi connectivity index (χ2n) is 32.1. The van der Waals surface area contributed by atoms with Gasteiger partial charge in [0.15, 0.2) is 5.75 Å². The largest absolute Gasteiger partial charge is 0.468 e. The summed E-state index contributed by atoms with van der Waals surface area (Å²) in [6.45, 7) is 32.6. The molecule has 0 fully saturated rings. The molecule has 0 spiro atoms. The standard InChI is InChI=1S/C97H79B3N4O4/c1-49-29-54(6)86(55(7)30-49)64-39-75-89-78(40-64)102(67-23-17-16-18-24-67)94-68-25-19-21-27-81(68)107-96(94)99(89)70-45-71-76(47-74(70)101-75)103(92-60(12)35-52(4)36-61(92)13)79-41-65(87-56(8)31-50(2)32-57(87)9)43-84-90(79)98(71)73-46-72-77(48-83(73)105-84)104(93-62(14)37-53(5)38-63(93)15)80-42-66(88-58(10)33-51(3)34-59(88)11)44-85-91(80)100(72)97-95(106-85)69-26-20-22-28-82(69)108-97/h16-48,101H,1-15H3. The highest BCUT2D eigenvalue weighted by molar-refractivity contribution is 7.03. The minimum atomic E-state index is -0.391. The second kappa shape index (κ2) is 23.0. The molecule has 2 aromatic heterocycles. The fraction of sp³-hybridized carbons (Fsp3) is 0.155. The molecule has 0 saturated heterocycles. The third-order valence-corrected chi connectivity index (χ3v) is 24.3. The van der Waals surface area contributed by atoms with E-state index in [1.807, 2.05) is 0 Å². The van der Waals surface area contributed by atoms with Crippen LogP contribution in [0.25, 0.3) is 55.3 Å². The molecular formula is C97H79B3N4O4. The highest BCUT2D eigenvalue weighted by atomic mass is 16.5. The van der Waals surface area contributed by atoms with Crippen molar-refractivity contribution < 1.29 is 18.3 Å². The van der Waals surface area contributed by atoms with Crippen molar-refractivity contribution in [2.75, 3.05) is 20.0 Å². The number of para-hydroxylation sites is 3. The van der Waals surface area contributed by atoms with Crippen LogP contribution in [0.4, 0.5) is 62.6 Å². The Morgan fingerprint density at radius 2 is 0.704 bits per heavy atom. The van der Waals surface area contributed by atoms with Crippen molar-refractivity contribution >= 4 is 154 Å². The van der Waals surface area contributed by atoms with Crippen molar-refractivity contribution in [2.24, 2.45) is 0 Å². The SMILES string of the molecule is Cc1cc(C)c(-c2cc3c4c(c2)N(c2ccccc2)c2c(oc5ccccc25)B4c2cc4c(cc2N3)N(c2c(C)cc(C)cc2C)c2cc(-c3c(C)cc(C)cc3C)cc3c2B4c2cc4c(cc2O3)N(c2c(C)cc(C)cc2C)c2cc(-c3c(C)cc(C)cc3C)cc3c2B4c2oc4ccccc4c2O3)c(C)c1. The van der Waals surface area contributed by atoms with E-state index in [4.69, 9.17) is 18.3 Å². The van der Waals surface area contributed by atoms with Crippen LogP contribution < -0.4 is 79.0 Å². The van der Waals surface area contributed by atoms with Gasteiger partial charge in [0.2, 0.25) is 0 Å². The van der Waals surface area contributed by atoms with Gasteiger partial charge < -0.3 is 38.3 Å². The van der Waals surface area contributed by atoms with Crippen LogP contribution in [0.5, 0.6) is 23.0 Å². The molecule has 6 aliphatic rings. The highest BCUT2D eigenvalue weighted by Gasteiger charge is 2.52. The molecule has 0 unspecified atom stereocenters. The van der Waals surface area contributed by atoms with Gasteiger partial charge in [0.25, 0.3) is 13.4 Å². The van der Waals surface area contributed by atoms with Crippen molar-refractivity contribution in [2.45, 2.75) is 104 Å². The lowest BCUT2D eigenvalue weighted by molar-refractivity contribution is 0.482. The minimum absolute atomic E-state index is 0.335. The number of hydrogen-bond acceptors (Lipinski definition) is 8. The molecule has 0 radical (unpaired) electrons. The van der Waals surface area contributed by atoms with Gasteiger partial charge in [0.05, 0.1) is 28.1 Å². The Balaban J connectivity index is 0.885. The molecule has 13 aromatic carbocycles. The van der Waals surface area contributed by atoms with E-state index in [0.717, 1.165) is 163 Å². The number of rotatable bonds is 6. The maximum Gasteiger partial charge on any atom is 0.301 e. The van der Waals surface area contributed by atoms with Gasteiger partial charge >= 0.3 is 6.71 Å². The first kappa shape index (κ1) is 64.3. The molecule has 1 N–H and O–H groups in total. The van der Waals surface area contributed by atoms with E-state index in [2.05, 4.69) is 324 Å². The number of anilines is 11. The van der Waals surface area contributed by atoms with Gasteiger partial charge in [-0.2, -0.15) is 0 Å². The summed E-state index contributed by atoms with van der Waals surface area (Å²) in [4.78, 5) is 7.63. The van der Waals surface area contributed by atoms with Gasteiger partial charge in [0, 0.05) is 62.4 Å². The van der Waals surface area contributed by atoms with E-state index in [1.54, 1.807) is 0 Å². The van der Waals surface area contributed by atoms with Crippen molar-refractivity contribution in [3.05, 3.63) is 284 Å². The molecule has 0 saturated carbocycles. The Labute approximate surface area is 632 Å². The number of aryl methyl sites for hydroxylation is 15. The van der Waals surface area contributed by atoms with E-state index >= 15 is 0 Å². The van der Waals surface area contributed by atoms with Gasteiger partial charge in [-0.1, -0.05) is 143 Å². The molecule has 6 aliphatic heterocycles. The summed E-state index contributed by atoms with van der Waals surface area (Å²) in [5.41, 5.74) is 48.3. The number of furan rings is 2. The van der Waals surface area contributed by atoms with Crippen LogP contribution in [0.15, 0.2) is 209 Å². The first-order chi connectivity index (χ1) is 52.2. The lowest BCUT2D eigenvalue weighted by Crippen LogP contribution is -2.65. The van der Waals surface area contributed by atoms with Crippen LogP contribution >= 0.6 is 0 Å². The van der Waals surface area contributed by atoms with E-state index in [1.165, 1.54) is 111 Å². The normalized spacial score (nSPS) is 13.6. The van der Waals surface area contributed by atoms with E-state index in [0.29, 0.717) is 0 Å². The zero-order valence-electron chi connectivity index (χ0n) is 63.8. The van der Waals surface area contributed by atoms with Crippen LogP contribution in [0.1, 0.15) is 83.5 Å². The van der Waals surface area contributed by atoms with Gasteiger partial charge in [-0.05, 0) is 305 Å². The first-order valence-electron chi connectivity index (χ1n) is 38.1. The smallest absolute Gasteiger partial charge is 0.301 e. The zero-order valence-corrected chi connectivity index (χ0v) is 63.8. The quantitative estimate of drug-likeness (QED) is 0.165. The van der Waals surface area contributed by atoms with Crippen molar-refractivity contribution in [1.82, 2.24) is 0 Å². The Hall–Kier alpha value is -12.1. The number of hydrogen-bond donors (Lipinski definition) is 1. The summed E-state index contributed by atoms with van der Waals surface area (Å²) in [5.74, 6) is 3.20. The predicted octanol–water partition coefficient (Wildman–Crippen LogP) is 20.0. The van der Waals surface area contributed by atoms with Crippen LogP contribution in [-0.4, -0.2) is 20.1 Å². The second-order valence-corrected chi connectivity index (χ2v) is 32.1. The van der Waals surface area contributed by atoms with Gasteiger partial charge in [-0.15, -0.1) is 0 Å². The Morgan fingerprint density at radius 3 is 1.25 bits per heavy atom. The average molecular weight is 1400 g/mol. The molecule has 520 valence electrons. The van der Waals surface area contributed by atoms with Crippen LogP contribution in [0.2, 0.25) is 0 Å². The molecule has 108 heavy (non-hydrogen) atoms. The fourth-order valence-electron chi connectivity index (χ4n) is 20.9. The Morgan fingerprint density at radius 1 is 0.287 bits per heavy atom. The Kier molecular flexibility index (Phi) is 13.7. The summed E-state index contributed by atoms with van der Waals surface area (Å²) in [7, 11) is 0. The molecule has 0 atom stereocenters. The lowest BCUT2D eigenvalue weighted by Gasteiger charge is -2.44. The van der Waals surface area contributed by atoms with Gasteiger partial charge in [0.1, 0.15) is 34.1 Å². The summed E-state index contributed by atoms with van der Waals surface area (Å²) >= 11 is 0. The maximum absolute atomic E-state index is 8.04.